The molecule has 1 saturated heterocycles. The molecule has 3 heteroatoms. The molecule has 5 unspecified atom stereocenters. The van der Waals surface area contributed by atoms with E-state index in [-0.39, 0.29) is 0 Å². The first-order chi connectivity index (χ1) is 9.65. The van der Waals surface area contributed by atoms with Crippen LogP contribution >= 0.6 is 0 Å². The monoisotopic (exact) mass is 279 g/mol. The van der Waals surface area contributed by atoms with Gasteiger partial charge in [0.25, 0.3) is 0 Å². The Hall–Kier alpha value is -0.120. The summed E-state index contributed by atoms with van der Waals surface area (Å²) in [6.45, 7) is 3.70. The lowest BCUT2D eigenvalue weighted by Crippen LogP contribution is -2.52. The molecular formula is C17H33N3. The highest BCUT2D eigenvalue weighted by atomic mass is 15.3. The van der Waals surface area contributed by atoms with Crippen LogP contribution in [0.1, 0.15) is 38.5 Å². The molecule has 0 aromatic rings. The second-order valence-electron chi connectivity index (χ2n) is 7.79. The summed E-state index contributed by atoms with van der Waals surface area (Å²) >= 11 is 0. The van der Waals surface area contributed by atoms with E-state index in [2.05, 4.69) is 36.3 Å². The lowest BCUT2D eigenvalue weighted by atomic mass is 9.83. The van der Waals surface area contributed by atoms with Gasteiger partial charge in [-0.2, -0.15) is 0 Å². The minimum atomic E-state index is 0.721. The second-order valence-corrected chi connectivity index (χ2v) is 7.79. The first-order valence-corrected chi connectivity index (χ1v) is 8.71. The van der Waals surface area contributed by atoms with Gasteiger partial charge in [-0.05, 0) is 71.0 Å². The van der Waals surface area contributed by atoms with E-state index in [1.807, 2.05) is 0 Å². The van der Waals surface area contributed by atoms with Gasteiger partial charge in [0.05, 0.1) is 0 Å². The van der Waals surface area contributed by atoms with Crippen LogP contribution in [0.2, 0.25) is 0 Å². The lowest BCUT2D eigenvalue weighted by Gasteiger charge is -2.40. The number of fused-ring (bicyclic) bond motifs is 2. The fraction of sp³-hybridized carbons (Fsp3) is 1.00. The quantitative estimate of drug-likeness (QED) is 0.831. The first kappa shape index (κ1) is 14.8. The lowest BCUT2D eigenvalue weighted by molar-refractivity contribution is 0.0975. The maximum Gasteiger partial charge on any atom is 0.0235 e. The van der Waals surface area contributed by atoms with E-state index in [0.29, 0.717) is 0 Å². The van der Waals surface area contributed by atoms with Gasteiger partial charge in [-0.3, -0.25) is 0 Å². The van der Waals surface area contributed by atoms with Crippen LogP contribution in [0.3, 0.4) is 0 Å². The van der Waals surface area contributed by atoms with E-state index in [0.717, 1.165) is 29.8 Å². The summed E-state index contributed by atoms with van der Waals surface area (Å²) in [5.74, 6) is 3.19. The Bertz CT molecular complexity index is 319. The van der Waals surface area contributed by atoms with Crippen LogP contribution in [-0.2, 0) is 0 Å². The zero-order valence-electron chi connectivity index (χ0n) is 13.6. The molecule has 2 aliphatic carbocycles. The predicted molar refractivity (Wildman–Crippen MR) is 84.9 cm³/mol. The summed E-state index contributed by atoms with van der Waals surface area (Å²) in [6, 6.07) is 1.46. The van der Waals surface area contributed by atoms with Gasteiger partial charge >= 0.3 is 0 Å². The molecule has 3 aliphatic rings. The molecule has 2 saturated carbocycles. The topological polar surface area (TPSA) is 18.5 Å². The van der Waals surface area contributed by atoms with E-state index in [1.165, 1.54) is 51.7 Å². The smallest absolute Gasteiger partial charge is 0.0235 e. The number of nitrogens with one attached hydrogen (secondary N) is 1. The van der Waals surface area contributed by atoms with E-state index in [9.17, 15) is 0 Å². The van der Waals surface area contributed by atoms with E-state index < -0.39 is 0 Å². The normalized spacial score (nSPS) is 40.4. The third kappa shape index (κ3) is 3.20. The molecule has 1 aliphatic heterocycles. The molecule has 116 valence electrons. The Kier molecular flexibility index (Phi) is 4.68. The number of hydrogen-bond donors (Lipinski definition) is 1. The SMILES string of the molecule is CNC(CC1CC2CCC1C2)CC1CN(C)CCN1C. The fourth-order valence-corrected chi connectivity index (χ4v) is 5.05. The molecule has 0 aromatic carbocycles. The maximum absolute atomic E-state index is 3.63. The van der Waals surface area contributed by atoms with Crippen LogP contribution in [-0.4, -0.2) is 62.7 Å². The molecule has 3 fully saturated rings. The summed E-state index contributed by atoms with van der Waals surface area (Å²) in [7, 11) is 6.75. The van der Waals surface area contributed by atoms with Crippen molar-refractivity contribution < 1.29 is 0 Å². The molecular weight excluding hydrogens is 246 g/mol. The average molecular weight is 279 g/mol. The Morgan fingerprint density at radius 1 is 1.10 bits per heavy atom. The molecule has 1 heterocycles. The first-order valence-electron chi connectivity index (χ1n) is 8.71. The third-order valence-corrected chi connectivity index (χ3v) is 6.42. The van der Waals surface area contributed by atoms with Gasteiger partial charge in [-0.1, -0.05) is 6.42 Å². The highest BCUT2D eigenvalue weighted by molar-refractivity contribution is 4.93. The molecule has 5 atom stereocenters. The number of piperazine rings is 1. The number of likely N-dealkylation sites (N-methyl/N-ethyl adjacent to an activating group) is 2. The number of nitrogens with zero attached hydrogens (tertiary/aromatic N) is 2. The Labute approximate surface area is 125 Å². The van der Waals surface area contributed by atoms with Gasteiger partial charge in [0.15, 0.2) is 0 Å². The summed E-state index contributed by atoms with van der Waals surface area (Å²) in [6.07, 6.45) is 8.88. The highest BCUT2D eigenvalue weighted by Crippen LogP contribution is 2.50. The van der Waals surface area contributed by atoms with Crippen molar-refractivity contribution in [3.05, 3.63) is 0 Å². The van der Waals surface area contributed by atoms with Crippen molar-refractivity contribution in [3.8, 4) is 0 Å². The molecule has 0 radical (unpaired) electrons. The van der Waals surface area contributed by atoms with Crippen LogP contribution in [0, 0.1) is 17.8 Å². The van der Waals surface area contributed by atoms with Crippen molar-refractivity contribution in [1.29, 1.82) is 0 Å². The molecule has 3 nitrogen and oxygen atoms in total. The number of rotatable bonds is 5. The van der Waals surface area contributed by atoms with Gasteiger partial charge in [-0.15, -0.1) is 0 Å². The van der Waals surface area contributed by atoms with Gasteiger partial charge in [0.2, 0.25) is 0 Å². The van der Waals surface area contributed by atoms with Crippen LogP contribution in [0.5, 0.6) is 0 Å². The van der Waals surface area contributed by atoms with Crippen LogP contribution < -0.4 is 5.32 Å². The molecule has 0 spiro atoms. The third-order valence-electron chi connectivity index (χ3n) is 6.42. The molecule has 3 rings (SSSR count). The largest absolute Gasteiger partial charge is 0.317 e. The van der Waals surface area contributed by atoms with Crippen LogP contribution in [0.15, 0.2) is 0 Å². The van der Waals surface area contributed by atoms with Crippen molar-refractivity contribution in [2.24, 2.45) is 17.8 Å². The molecule has 0 amide bonds. The van der Waals surface area contributed by atoms with Crippen LogP contribution in [0.4, 0.5) is 0 Å². The average Bonchev–Trinajstić information content (AvgIpc) is 3.04. The van der Waals surface area contributed by atoms with Crippen molar-refractivity contribution in [2.75, 3.05) is 40.8 Å². The maximum atomic E-state index is 3.63. The predicted octanol–water partition coefficient (Wildman–Crippen LogP) is 2.04. The van der Waals surface area contributed by atoms with Gasteiger partial charge < -0.3 is 15.1 Å². The fourth-order valence-electron chi connectivity index (χ4n) is 5.05. The Morgan fingerprint density at radius 2 is 1.95 bits per heavy atom. The molecule has 2 bridgehead atoms. The molecule has 0 aromatic heterocycles. The number of hydrogen-bond acceptors (Lipinski definition) is 3. The van der Waals surface area contributed by atoms with Gasteiger partial charge in [0.1, 0.15) is 0 Å². The van der Waals surface area contributed by atoms with E-state index in [4.69, 9.17) is 0 Å². The van der Waals surface area contributed by atoms with Crippen LogP contribution in [0.25, 0.3) is 0 Å². The minimum absolute atomic E-state index is 0.721. The van der Waals surface area contributed by atoms with E-state index >= 15 is 0 Å². The van der Waals surface area contributed by atoms with Crippen molar-refractivity contribution in [1.82, 2.24) is 15.1 Å². The standard InChI is InChI=1S/C17H33N3/c1-18-16(10-15-9-13-4-5-14(15)8-13)11-17-12-19(2)6-7-20(17)3/h13-18H,4-12H2,1-3H3. The Balaban J connectivity index is 1.51. The Morgan fingerprint density at radius 3 is 2.60 bits per heavy atom. The van der Waals surface area contributed by atoms with Gasteiger partial charge in [0, 0.05) is 31.7 Å². The van der Waals surface area contributed by atoms with Crippen molar-refractivity contribution in [3.63, 3.8) is 0 Å². The van der Waals surface area contributed by atoms with Crippen molar-refractivity contribution >= 4 is 0 Å². The summed E-state index contributed by atoms with van der Waals surface area (Å²) in [5, 5.41) is 3.63. The van der Waals surface area contributed by atoms with Gasteiger partial charge in [-0.25, -0.2) is 0 Å². The highest BCUT2D eigenvalue weighted by Gasteiger charge is 2.40. The summed E-state index contributed by atoms with van der Waals surface area (Å²) in [4.78, 5) is 5.07. The van der Waals surface area contributed by atoms with Crippen molar-refractivity contribution in [2.45, 2.75) is 50.6 Å². The zero-order valence-corrected chi connectivity index (χ0v) is 13.6. The minimum Gasteiger partial charge on any atom is -0.317 e. The molecule has 20 heavy (non-hydrogen) atoms. The summed E-state index contributed by atoms with van der Waals surface area (Å²) < 4.78 is 0. The zero-order chi connectivity index (χ0) is 14.1. The summed E-state index contributed by atoms with van der Waals surface area (Å²) in [5.41, 5.74) is 0. The molecule has 1 N–H and O–H groups in total. The second kappa shape index (κ2) is 6.33. The van der Waals surface area contributed by atoms with E-state index in [1.54, 1.807) is 6.42 Å².